The maximum Gasteiger partial charge on any atom is 0.225 e. The minimum Gasteiger partial charge on any atom is -0.332 e. The summed E-state index contributed by atoms with van der Waals surface area (Å²) >= 11 is 0. The standard InChI is InChI=1S/C22H34N4O/c1-15(2)21(27)10-16-4-6-17(7-5-16)18-11-23-22(24-12-18)26-19-8-9-20(26)14-25(3)13-19/h11-12,15-17,19-20H,4-10,13-14H2,1-3H3/t16-,17+,19?,20?. The van der Waals surface area contributed by atoms with Gasteiger partial charge in [-0.1, -0.05) is 13.8 Å². The fourth-order valence-electron chi connectivity index (χ4n) is 5.34. The van der Waals surface area contributed by atoms with Crippen LogP contribution in [0, 0.1) is 11.8 Å². The number of carbonyl (C=O) groups excluding carboxylic acids is 1. The topological polar surface area (TPSA) is 49.3 Å². The lowest BCUT2D eigenvalue weighted by Crippen LogP contribution is -2.53. The van der Waals surface area contributed by atoms with E-state index in [0.717, 1.165) is 38.3 Å². The third-order valence-corrected chi connectivity index (χ3v) is 7.01. The quantitative estimate of drug-likeness (QED) is 0.792. The zero-order valence-corrected chi connectivity index (χ0v) is 17.1. The lowest BCUT2D eigenvalue weighted by atomic mass is 9.77. The smallest absolute Gasteiger partial charge is 0.225 e. The van der Waals surface area contributed by atoms with Crippen molar-refractivity contribution in [2.45, 2.75) is 76.8 Å². The van der Waals surface area contributed by atoms with Crippen molar-refractivity contribution in [1.29, 1.82) is 0 Å². The highest BCUT2D eigenvalue weighted by molar-refractivity contribution is 5.80. The number of rotatable bonds is 5. The summed E-state index contributed by atoms with van der Waals surface area (Å²) < 4.78 is 0. The first kappa shape index (κ1) is 18.9. The van der Waals surface area contributed by atoms with Crippen LogP contribution in [-0.2, 0) is 4.79 Å². The number of hydrogen-bond acceptors (Lipinski definition) is 5. The maximum absolute atomic E-state index is 12.0. The molecule has 1 aliphatic carbocycles. The van der Waals surface area contributed by atoms with E-state index < -0.39 is 0 Å². The van der Waals surface area contributed by atoms with Gasteiger partial charge in [0.05, 0.1) is 0 Å². The van der Waals surface area contributed by atoms with Crippen molar-refractivity contribution < 1.29 is 4.79 Å². The first-order valence-corrected chi connectivity index (χ1v) is 10.8. The van der Waals surface area contributed by atoms with Gasteiger partial charge >= 0.3 is 0 Å². The summed E-state index contributed by atoms with van der Waals surface area (Å²) in [6.07, 6.45) is 12.1. The Kier molecular flexibility index (Phi) is 5.49. The minimum absolute atomic E-state index is 0.175. The Balaban J connectivity index is 1.35. The first-order valence-electron chi connectivity index (χ1n) is 10.8. The van der Waals surface area contributed by atoms with Crippen LogP contribution in [-0.4, -0.2) is 52.9 Å². The van der Waals surface area contributed by atoms with Crippen molar-refractivity contribution in [2.75, 3.05) is 25.0 Å². The van der Waals surface area contributed by atoms with Gasteiger partial charge in [0.15, 0.2) is 0 Å². The number of carbonyl (C=O) groups is 1. The second kappa shape index (κ2) is 7.86. The number of Topliss-reactive ketones (excluding diaryl/α,β-unsaturated/α-hetero) is 1. The van der Waals surface area contributed by atoms with E-state index in [1.165, 1.54) is 31.2 Å². The van der Waals surface area contributed by atoms with E-state index >= 15 is 0 Å². The molecule has 1 aromatic rings. The number of likely N-dealkylation sites (tertiary alicyclic amines) is 1. The molecule has 2 bridgehead atoms. The molecule has 2 saturated heterocycles. The third kappa shape index (κ3) is 4.03. The summed E-state index contributed by atoms with van der Waals surface area (Å²) in [5, 5.41) is 0. The Morgan fingerprint density at radius 1 is 1.04 bits per heavy atom. The molecule has 0 N–H and O–H groups in total. The SMILES string of the molecule is CC(C)C(=O)C[C@H]1CC[C@@H](c2cnc(N3C4CCC3CN(C)C4)nc2)CC1. The molecule has 0 aromatic carbocycles. The molecule has 5 nitrogen and oxygen atoms in total. The van der Waals surface area contributed by atoms with Gasteiger partial charge in [-0.3, -0.25) is 4.79 Å². The van der Waals surface area contributed by atoms with E-state index in [-0.39, 0.29) is 5.92 Å². The van der Waals surface area contributed by atoms with Crippen LogP contribution in [0.25, 0.3) is 0 Å². The number of anilines is 1. The fraction of sp³-hybridized carbons (Fsp3) is 0.773. The van der Waals surface area contributed by atoms with Gasteiger partial charge in [0.1, 0.15) is 5.78 Å². The van der Waals surface area contributed by atoms with E-state index in [4.69, 9.17) is 9.97 Å². The summed E-state index contributed by atoms with van der Waals surface area (Å²) in [5.41, 5.74) is 1.29. The number of fused-ring (bicyclic) bond motifs is 2. The molecular weight excluding hydrogens is 336 g/mol. The molecule has 5 heteroatoms. The Morgan fingerprint density at radius 2 is 1.63 bits per heavy atom. The van der Waals surface area contributed by atoms with Crippen molar-refractivity contribution in [3.63, 3.8) is 0 Å². The van der Waals surface area contributed by atoms with Gasteiger partial charge in [-0.2, -0.15) is 0 Å². The second-order valence-corrected chi connectivity index (χ2v) is 9.37. The van der Waals surface area contributed by atoms with Gasteiger partial charge in [0.25, 0.3) is 0 Å². The Morgan fingerprint density at radius 3 is 2.19 bits per heavy atom. The normalized spacial score (nSPS) is 31.5. The Labute approximate surface area is 163 Å². The van der Waals surface area contributed by atoms with Crippen LogP contribution in [0.3, 0.4) is 0 Å². The number of hydrogen-bond donors (Lipinski definition) is 0. The lowest BCUT2D eigenvalue weighted by molar-refractivity contribution is -0.123. The van der Waals surface area contributed by atoms with E-state index in [1.54, 1.807) is 0 Å². The molecule has 1 saturated carbocycles. The molecule has 3 aliphatic rings. The predicted octanol–water partition coefficient (Wildman–Crippen LogP) is 3.65. The Bertz CT molecular complexity index is 637. The van der Waals surface area contributed by atoms with Gasteiger partial charge in [0.2, 0.25) is 5.95 Å². The van der Waals surface area contributed by atoms with Crippen LogP contribution in [0.5, 0.6) is 0 Å². The van der Waals surface area contributed by atoms with Gasteiger partial charge in [-0.25, -0.2) is 9.97 Å². The average molecular weight is 371 g/mol. The molecule has 27 heavy (non-hydrogen) atoms. The molecule has 0 spiro atoms. The lowest BCUT2D eigenvalue weighted by Gasteiger charge is -2.39. The molecule has 148 valence electrons. The molecule has 0 radical (unpaired) electrons. The summed E-state index contributed by atoms with van der Waals surface area (Å²) in [5.74, 6) is 2.67. The monoisotopic (exact) mass is 370 g/mol. The molecule has 2 atom stereocenters. The van der Waals surface area contributed by atoms with Gasteiger partial charge in [-0.15, -0.1) is 0 Å². The largest absolute Gasteiger partial charge is 0.332 e. The Hall–Kier alpha value is -1.49. The van der Waals surface area contributed by atoms with E-state index in [1.807, 2.05) is 13.8 Å². The van der Waals surface area contributed by atoms with Crippen molar-refractivity contribution in [2.24, 2.45) is 11.8 Å². The number of nitrogens with zero attached hydrogens (tertiary/aromatic N) is 4. The predicted molar refractivity (Wildman–Crippen MR) is 108 cm³/mol. The highest BCUT2D eigenvalue weighted by Gasteiger charge is 2.40. The molecule has 3 fully saturated rings. The van der Waals surface area contributed by atoms with Crippen LogP contribution in [0.2, 0.25) is 0 Å². The number of ketones is 1. The van der Waals surface area contributed by atoms with Gasteiger partial charge in [-0.05, 0) is 63.0 Å². The zero-order chi connectivity index (χ0) is 19.0. The number of likely N-dealkylation sites (N-methyl/N-ethyl adjacent to an activating group) is 1. The zero-order valence-electron chi connectivity index (χ0n) is 17.1. The van der Waals surface area contributed by atoms with Crippen molar-refractivity contribution in [3.8, 4) is 0 Å². The van der Waals surface area contributed by atoms with Crippen molar-refractivity contribution in [1.82, 2.24) is 14.9 Å². The van der Waals surface area contributed by atoms with Crippen molar-refractivity contribution >= 4 is 11.7 Å². The molecule has 3 heterocycles. The summed E-state index contributed by atoms with van der Waals surface area (Å²) in [4.78, 5) is 26.5. The van der Waals surface area contributed by atoms with Crippen LogP contribution < -0.4 is 4.90 Å². The highest BCUT2D eigenvalue weighted by Crippen LogP contribution is 2.38. The molecule has 0 amide bonds. The second-order valence-electron chi connectivity index (χ2n) is 9.37. The first-order chi connectivity index (χ1) is 13.0. The van der Waals surface area contributed by atoms with E-state index in [9.17, 15) is 4.79 Å². The van der Waals surface area contributed by atoms with E-state index in [0.29, 0.717) is 29.7 Å². The molecule has 2 unspecified atom stereocenters. The maximum atomic E-state index is 12.0. The summed E-state index contributed by atoms with van der Waals surface area (Å²) in [6.45, 7) is 6.28. The fourth-order valence-corrected chi connectivity index (χ4v) is 5.34. The van der Waals surface area contributed by atoms with Crippen LogP contribution in [0.1, 0.15) is 70.3 Å². The van der Waals surface area contributed by atoms with Crippen LogP contribution in [0.4, 0.5) is 5.95 Å². The van der Waals surface area contributed by atoms with E-state index in [2.05, 4.69) is 29.2 Å². The molecule has 1 aromatic heterocycles. The molecular formula is C22H34N4O. The van der Waals surface area contributed by atoms with Gasteiger partial charge < -0.3 is 9.80 Å². The third-order valence-electron chi connectivity index (χ3n) is 7.01. The van der Waals surface area contributed by atoms with Crippen LogP contribution >= 0.6 is 0 Å². The molecule has 2 aliphatic heterocycles. The highest BCUT2D eigenvalue weighted by atomic mass is 16.1. The minimum atomic E-state index is 0.175. The number of aromatic nitrogens is 2. The summed E-state index contributed by atoms with van der Waals surface area (Å²) in [7, 11) is 2.22. The summed E-state index contributed by atoms with van der Waals surface area (Å²) in [6, 6.07) is 1.15. The molecule has 4 rings (SSSR count). The van der Waals surface area contributed by atoms with Gasteiger partial charge in [0, 0.05) is 49.9 Å². The average Bonchev–Trinajstić information content (AvgIpc) is 2.93. The number of piperazine rings is 1. The van der Waals surface area contributed by atoms with Crippen molar-refractivity contribution in [3.05, 3.63) is 18.0 Å². The van der Waals surface area contributed by atoms with Crippen LogP contribution in [0.15, 0.2) is 12.4 Å².